The molecule has 0 bridgehead atoms. The van der Waals surface area contributed by atoms with Gasteiger partial charge in [0.2, 0.25) is 5.91 Å². The maximum atomic E-state index is 11.9. The fourth-order valence-electron chi connectivity index (χ4n) is 2.53. The van der Waals surface area contributed by atoms with Gasteiger partial charge in [0.05, 0.1) is 6.54 Å². The molecule has 5 nitrogen and oxygen atoms in total. The summed E-state index contributed by atoms with van der Waals surface area (Å²) in [6.07, 6.45) is 2.05. The summed E-state index contributed by atoms with van der Waals surface area (Å²) in [5.74, 6) is -0.278. The maximum absolute atomic E-state index is 11.9. The topological polar surface area (TPSA) is 61.4 Å². The van der Waals surface area contributed by atoms with Crippen LogP contribution in [-0.2, 0) is 11.2 Å². The maximum Gasteiger partial charge on any atom is 0.321 e. The summed E-state index contributed by atoms with van der Waals surface area (Å²) in [5, 5.41) is 4.90. The normalized spacial score (nSPS) is 17.3. The van der Waals surface area contributed by atoms with E-state index in [4.69, 9.17) is 0 Å². The van der Waals surface area contributed by atoms with Crippen molar-refractivity contribution in [2.75, 3.05) is 18.0 Å². The van der Waals surface area contributed by atoms with Crippen LogP contribution < -0.4 is 15.5 Å². The van der Waals surface area contributed by atoms with Crippen LogP contribution in [0, 0.1) is 0 Å². The van der Waals surface area contributed by atoms with Gasteiger partial charge in [0.1, 0.15) is 0 Å². The van der Waals surface area contributed by atoms with E-state index in [0.717, 1.165) is 18.5 Å². The van der Waals surface area contributed by atoms with Gasteiger partial charge in [0.15, 0.2) is 0 Å². The smallest absolute Gasteiger partial charge is 0.321 e. The number of hydrogen-bond acceptors (Lipinski definition) is 3. The van der Waals surface area contributed by atoms with Crippen LogP contribution in [0.2, 0.25) is 0 Å². The summed E-state index contributed by atoms with van der Waals surface area (Å²) in [7, 11) is 0. The number of aryl methyl sites for hydroxylation is 1. The van der Waals surface area contributed by atoms with Crippen molar-refractivity contribution in [1.29, 1.82) is 0 Å². The van der Waals surface area contributed by atoms with Gasteiger partial charge in [-0.25, -0.2) is 4.79 Å². The van der Waals surface area contributed by atoms with Crippen LogP contribution in [0.25, 0.3) is 0 Å². The molecule has 1 aliphatic rings. The van der Waals surface area contributed by atoms with E-state index < -0.39 is 6.03 Å². The van der Waals surface area contributed by atoms with Gasteiger partial charge in [0, 0.05) is 18.3 Å². The summed E-state index contributed by atoms with van der Waals surface area (Å²) in [4.78, 5) is 25.4. The molecule has 1 atom stereocenters. The Morgan fingerprint density at radius 2 is 2.10 bits per heavy atom. The number of imide groups is 1. The molecule has 2 rings (SSSR count). The van der Waals surface area contributed by atoms with E-state index in [-0.39, 0.29) is 12.5 Å². The Hall–Kier alpha value is -2.04. The predicted octanol–water partition coefficient (Wildman–Crippen LogP) is 1.67. The first kappa shape index (κ1) is 14.4. The van der Waals surface area contributed by atoms with E-state index in [2.05, 4.69) is 28.5 Å². The fourth-order valence-corrected chi connectivity index (χ4v) is 2.53. The highest BCUT2D eigenvalue weighted by Gasteiger charge is 2.24. The zero-order chi connectivity index (χ0) is 14.5. The molecule has 0 saturated heterocycles. The van der Waals surface area contributed by atoms with Crippen molar-refractivity contribution in [3.63, 3.8) is 0 Å². The molecule has 0 aliphatic carbocycles. The van der Waals surface area contributed by atoms with Crippen molar-refractivity contribution in [2.45, 2.75) is 32.7 Å². The highest BCUT2D eigenvalue weighted by Crippen LogP contribution is 2.29. The van der Waals surface area contributed by atoms with Crippen LogP contribution in [0.15, 0.2) is 24.3 Å². The molecule has 0 radical (unpaired) electrons. The zero-order valence-electron chi connectivity index (χ0n) is 12.0. The third kappa shape index (κ3) is 3.29. The molecule has 20 heavy (non-hydrogen) atoms. The molecule has 0 fully saturated rings. The number of nitrogens with one attached hydrogen (secondary N) is 2. The van der Waals surface area contributed by atoms with Gasteiger partial charge in [-0.15, -0.1) is 0 Å². The highest BCUT2D eigenvalue weighted by molar-refractivity contribution is 5.96. The van der Waals surface area contributed by atoms with Crippen molar-refractivity contribution < 1.29 is 9.59 Å². The average Bonchev–Trinajstić information content (AvgIpc) is 2.42. The Bertz CT molecular complexity index is 502. The van der Waals surface area contributed by atoms with Crippen molar-refractivity contribution in [1.82, 2.24) is 10.6 Å². The number of urea groups is 1. The number of rotatable bonds is 3. The molecule has 2 N–H and O–H groups in total. The van der Waals surface area contributed by atoms with Gasteiger partial charge < -0.3 is 10.2 Å². The molecule has 1 aromatic rings. The van der Waals surface area contributed by atoms with Gasteiger partial charge in [-0.2, -0.15) is 0 Å². The second-order valence-electron chi connectivity index (χ2n) is 5.05. The minimum absolute atomic E-state index is 0.204. The molecule has 0 unspecified atom stereocenters. The van der Waals surface area contributed by atoms with E-state index in [1.165, 1.54) is 5.56 Å². The fraction of sp³-hybridized carbons (Fsp3) is 0.467. The van der Waals surface area contributed by atoms with Crippen LogP contribution >= 0.6 is 0 Å². The molecule has 0 saturated carbocycles. The lowest BCUT2D eigenvalue weighted by Crippen LogP contribution is -2.48. The SMILES string of the molecule is CCNC(=O)NC(=O)CN1c2ccccc2CC[C@H]1C. The lowest BCUT2D eigenvalue weighted by molar-refractivity contribution is -0.118. The quantitative estimate of drug-likeness (QED) is 0.882. The van der Waals surface area contributed by atoms with E-state index in [1.54, 1.807) is 0 Å². The van der Waals surface area contributed by atoms with Crippen LogP contribution in [0.5, 0.6) is 0 Å². The number of para-hydroxylation sites is 1. The van der Waals surface area contributed by atoms with Gasteiger partial charge in [0.25, 0.3) is 0 Å². The first-order valence-corrected chi connectivity index (χ1v) is 7.04. The van der Waals surface area contributed by atoms with Crippen LogP contribution in [0.3, 0.4) is 0 Å². The molecule has 108 valence electrons. The first-order valence-electron chi connectivity index (χ1n) is 7.04. The van der Waals surface area contributed by atoms with Crippen LogP contribution in [-0.4, -0.2) is 31.1 Å². The Balaban J connectivity index is 2.05. The van der Waals surface area contributed by atoms with E-state index in [0.29, 0.717) is 12.6 Å². The lowest BCUT2D eigenvalue weighted by atomic mass is 9.97. The minimum Gasteiger partial charge on any atom is -0.359 e. The second-order valence-corrected chi connectivity index (χ2v) is 5.05. The molecule has 0 aromatic heterocycles. The number of anilines is 1. The van der Waals surface area contributed by atoms with Crippen molar-refractivity contribution in [3.05, 3.63) is 29.8 Å². The summed E-state index contributed by atoms with van der Waals surface area (Å²) >= 11 is 0. The number of benzene rings is 1. The van der Waals surface area contributed by atoms with Crippen molar-refractivity contribution >= 4 is 17.6 Å². The Morgan fingerprint density at radius 1 is 1.35 bits per heavy atom. The molecular formula is C15H21N3O2. The van der Waals surface area contributed by atoms with Crippen molar-refractivity contribution in [2.24, 2.45) is 0 Å². The molecular weight excluding hydrogens is 254 g/mol. The summed E-state index contributed by atoms with van der Waals surface area (Å²) in [6, 6.07) is 7.98. The highest BCUT2D eigenvalue weighted by atomic mass is 16.2. The number of amides is 3. The number of carbonyl (C=O) groups is 2. The van der Waals surface area contributed by atoms with E-state index >= 15 is 0 Å². The average molecular weight is 275 g/mol. The Kier molecular flexibility index (Phi) is 4.61. The Labute approximate surface area is 119 Å². The monoisotopic (exact) mass is 275 g/mol. The summed E-state index contributed by atoms with van der Waals surface area (Å²) in [6.45, 7) is 4.62. The van der Waals surface area contributed by atoms with E-state index in [9.17, 15) is 9.59 Å². The molecule has 1 aliphatic heterocycles. The van der Waals surface area contributed by atoms with Crippen LogP contribution in [0.4, 0.5) is 10.5 Å². The largest absolute Gasteiger partial charge is 0.359 e. The zero-order valence-corrected chi connectivity index (χ0v) is 12.0. The van der Waals surface area contributed by atoms with Crippen molar-refractivity contribution in [3.8, 4) is 0 Å². The molecule has 5 heteroatoms. The lowest BCUT2D eigenvalue weighted by Gasteiger charge is -2.36. The first-order chi connectivity index (χ1) is 9.61. The minimum atomic E-state index is -0.435. The van der Waals surface area contributed by atoms with Gasteiger partial charge in [-0.1, -0.05) is 18.2 Å². The molecule has 3 amide bonds. The number of hydrogen-bond donors (Lipinski definition) is 2. The third-order valence-electron chi connectivity index (χ3n) is 3.57. The molecule has 0 spiro atoms. The predicted molar refractivity (Wildman–Crippen MR) is 78.8 cm³/mol. The van der Waals surface area contributed by atoms with Crippen LogP contribution in [0.1, 0.15) is 25.8 Å². The van der Waals surface area contributed by atoms with Gasteiger partial charge >= 0.3 is 6.03 Å². The number of fused-ring (bicyclic) bond motifs is 1. The van der Waals surface area contributed by atoms with Gasteiger partial charge in [-0.3, -0.25) is 10.1 Å². The third-order valence-corrected chi connectivity index (χ3v) is 3.57. The number of carbonyl (C=O) groups excluding carboxylic acids is 2. The number of nitrogens with zero attached hydrogens (tertiary/aromatic N) is 1. The summed E-state index contributed by atoms with van der Waals surface area (Å²) in [5.41, 5.74) is 2.36. The summed E-state index contributed by atoms with van der Waals surface area (Å²) < 4.78 is 0. The molecule has 1 aromatic carbocycles. The molecule has 1 heterocycles. The van der Waals surface area contributed by atoms with Gasteiger partial charge in [-0.05, 0) is 38.3 Å². The van der Waals surface area contributed by atoms with E-state index in [1.807, 2.05) is 25.1 Å². The second kappa shape index (κ2) is 6.41. The standard InChI is InChI=1S/C15H21N3O2/c1-3-16-15(20)17-14(19)10-18-11(2)8-9-12-6-4-5-7-13(12)18/h4-7,11H,3,8-10H2,1-2H3,(H2,16,17,19,20)/t11-/m1/s1. The Morgan fingerprint density at radius 3 is 2.85 bits per heavy atom.